The van der Waals surface area contributed by atoms with Crippen LogP contribution < -0.4 is 4.74 Å². The number of nitrogens with zero attached hydrogens (tertiary/aromatic N) is 7. The van der Waals surface area contributed by atoms with Gasteiger partial charge in [-0.2, -0.15) is 22.0 Å². The topological polar surface area (TPSA) is 187 Å². The lowest BCUT2D eigenvalue weighted by Gasteiger charge is -2.18. The van der Waals surface area contributed by atoms with Gasteiger partial charge in [-0.15, -0.1) is 15.0 Å². The van der Waals surface area contributed by atoms with Crippen LogP contribution >= 0.6 is 0 Å². The summed E-state index contributed by atoms with van der Waals surface area (Å²) in [5, 5.41) is 39.2. The minimum atomic E-state index is -6.05. The average molecular weight is 748 g/mol. The van der Waals surface area contributed by atoms with Crippen LogP contribution in [0.15, 0.2) is 72.8 Å². The van der Waals surface area contributed by atoms with Crippen molar-refractivity contribution in [1.82, 2.24) is 35.1 Å². The van der Waals surface area contributed by atoms with Crippen molar-refractivity contribution in [2.45, 2.75) is 58.2 Å². The standard InChI is InChI=1S/C33H30F5N7O8/c1-3-8-26-39-28(32(34,35)33(36,37)38)27(30(46)47)43(26)17-20-13-15-21(16-14-20)23-10-5-6-11-24(23)29-40-42-44(41-29)19(2)52-31(48)53-25-12-7-4-9-22(25)18-51-45(49)50/h4-7,9-16,19,49-50H,3,8,17-18H2,1-2H3,(H,46,47). The molecule has 280 valence electrons. The third kappa shape index (κ3) is 8.63. The summed E-state index contributed by atoms with van der Waals surface area (Å²) in [7, 11) is 0. The monoisotopic (exact) mass is 747 g/mol. The number of carbonyl (C=O) groups excluding carboxylic acids is 1. The SMILES string of the molecule is CCCc1nc(C(F)(F)C(F)(F)F)c(C(=O)O)n1Cc1ccc(-c2ccccc2-c2nnn(C(C)OC(=O)Oc3ccccc3CON(O)O)n2)cc1. The molecule has 0 fully saturated rings. The number of aromatic nitrogens is 6. The highest BCUT2D eigenvalue weighted by molar-refractivity contribution is 5.87. The van der Waals surface area contributed by atoms with Crippen LogP contribution in [-0.4, -0.2) is 69.0 Å². The molecule has 0 spiro atoms. The normalized spacial score (nSPS) is 12.6. The molecule has 0 aliphatic heterocycles. The lowest BCUT2D eigenvalue weighted by Crippen LogP contribution is -2.35. The van der Waals surface area contributed by atoms with E-state index in [0.29, 0.717) is 34.2 Å². The van der Waals surface area contributed by atoms with Gasteiger partial charge in [-0.3, -0.25) is 10.4 Å². The van der Waals surface area contributed by atoms with Gasteiger partial charge in [0.25, 0.3) is 0 Å². The van der Waals surface area contributed by atoms with Gasteiger partial charge in [0.05, 0.1) is 5.39 Å². The van der Waals surface area contributed by atoms with E-state index in [-0.39, 0.29) is 37.0 Å². The molecule has 0 amide bonds. The van der Waals surface area contributed by atoms with Crippen molar-refractivity contribution in [2.75, 3.05) is 0 Å². The van der Waals surface area contributed by atoms with E-state index in [1.54, 1.807) is 67.6 Å². The van der Waals surface area contributed by atoms with E-state index in [1.807, 2.05) is 0 Å². The van der Waals surface area contributed by atoms with Crippen LogP contribution in [0.1, 0.15) is 59.6 Å². The molecule has 20 heteroatoms. The van der Waals surface area contributed by atoms with Crippen molar-refractivity contribution >= 4 is 12.1 Å². The maximum atomic E-state index is 14.4. The molecule has 5 rings (SSSR count). The van der Waals surface area contributed by atoms with Gasteiger partial charge >= 0.3 is 24.2 Å². The second kappa shape index (κ2) is 15.8. The highest BCUT2D eigenvalue weighted by Crippen LogP contribution is 2.45. The van der Waals surface area contributed by atoms with Crippen LogP contribution in [0.25, 0.3) is 22.5 Å². The Labute approximate surface area is 296 Å². The van der Waals surface area contributed by atoms with Gasteiger partial charge < -0.3 is 19.1 Å². The number of para-hydroxylation sites is 1. The van der Waals surface area contributed by atoms with Crippen LogP contribution in [0.4, 0.5) is 26.7 Å². The summed E-state index contributed by atoms with van der Waals surface area (Å²) in [5.74, 6) is -7.52. The Kier molecular flexibility index (Phi) is 11.5. The number of ether oxygens (including phenoxy) is 2. The zero-order valence-corrected chi connectivity index (χ0v) is 27.7. The van der Waals surface area contributed by atoms with Crippen molar-refractivity contribution in [1.29, 1.82) is 0 Å². The first-order chi connectivity index (χ1) is 25.1. The third-order valence-electron chi connectivity index (χ3n) is 7.67. The number of halogens is 5. The fourth-order valence-electron chi connectivity index (χ4n) is 5.19. The lowest BCUT2D eigenvalue weighted by atomic mass is 9.98. The minimum Gasteiger partial charge on any atom is -0.477 e. The molecule has 5 aromatic rings. The molecule has 0 radical (unpaired) electrons. The number of tetrazole rings is 1. The number of aromatic carboxylic acids is 1. The summed E-state index contributed by atoms with van der Waals surface area (Å²) in [6.07, 6.45) is -8.03. The predicted molar refractivity (Wildman–Crippen MR) is 169 cm³/mol. The number of hydrogen-bond donors (Lipinski definition) is 3. The number of carboxylic acid groups (broad SMARTS) is 1. The van der Waals surface area contributed by atoms with Crippen molar-refractivity contribution in [3.05, 3.63) is 101 Å². The van der Waals surface area contributed by atoms with Crippen molar-refractivity contribution in [2.24, 2.45) is 0 Å². The summed E-state index contributed by atoms with van der Waals surface area (Å²) in [4.78, 5) is 33.6. The molecule has 0 saturated carbocycles. The first-order valence-corrected chi connectivity index (χ1v) is 15.6. The second-order valence-electron chi connectivity index (χ2n) is 11.3. The number of benzene rings is 3. The largest absolute Gasteiger partial charge is 0.515 e. The Morgan fingerprint density at radius 3 is 2.25 bits per heavy atom. The van der Waals surface area contributed by atoms with Crippen LogP contribution in [0.5, 0.6) is 5.75 Å². The van der Waals surface area contributed by atoms with Gasteiger partial charge in [0.2, 0.25) is 12.1 Å². The Morgan fingerprint density at radius 2 is 1.60 bits per heavy atom. The Bertz CT molecular complexity index is 2070. The maximum Gasteiger partial charge on any atom is 0.515 e. The van der Waals surface area contributed by atoms with Crippen LogP contribution in [0.2, 0.25) is 0 Å². The molecule has 3 N–H and O–H groups in total. The van der Waals surface area contributed by atoms with E-state index in [0.717, 1.165) is 9.36 Å². The molecular formula is C33H30F5N7O8. The van der Waals surface area contributed by atoms with E-state index in [4.69, 9.17) is 19.9 Å². The molecule has 0 aliphatic rings. The Hall–Kier alpha value is -5.83. The summed E-state index contributed by atoms with van der Waals surface area (Å²) >= 11 is 0. The van der Waals surface area contributed by atoms with Gasteiger partial charge in [-0.05, 0) is 41.3 Å². The summed E-state index contributed by atoms with van der Waals surface area (Å²) in [6.45, 7) is 2.41. The molecule has 0 bridgehead atoms. The smallest absolute Gasteiger partial charge is 0.477 e. The van der Waals surface area contributed by atoms with E-state index in [1.165, 1.54) is 19.1 Å². The number of rotatable bonds is 14. The van der Waals surface area contributed by atoms with Gasteiger partial charge in [0, 0.05) is 24.1 Å². The number of hydrogen-bond acceptors (Lipinski definition) is 12. The van der Waals surface area contributed by atoms with Crippen molar-refractivity contribution in [3.63, 3.8) is 0 Å². The fraction of sp³-hybridized carbons (Fsp3) is 0.273. The molecule has 1 unspecified atom stereocenters. The Balaban J connectivity index is 1.34. The molecule has 0 aliphatic carbocycles. The van der Waals surface area contributed by atoms with E-state index < -0.39 is 47.2 Å². The zero-order chi connectivity index (χ0) is 38.5. The Morgan fingerprint density at radius 1 is 0.943 bits per heavy atom. The number of imidazole rings is 1. The molecule has 2 heterocycles. The third-order valence-corrected chi connectivity index (χ3v) is 7.67. The number of carbonyl (C=O) groups is 2. The number of alkyl halides is 5. The van der Waals surface area contributed by atoms with E-state index in [2.05, 4.69) is 25.2 Å². The highest BCUT2D eigenvalue weighted by atomic mass is 19.4. The molecule has 15 nitrogen and oxygen atoms in total. The first kappa shape index (κ1) is 38.4. The van der Waals surface area contributed by atoms with Crippen LogP contribution in [-0.2, 0) is 35.1 Å². The van der Waals surface area contributed by atoms with Crippen LogP contribution in [0.3, 0.4) is 0 Å². The summed E-state index contributed by atoms with van der Waals surface area (Å²) < 4.78 is 79.9. The number of carboxylic acids is 1. The van der Waals surface area contributed by atoms with Crippen LogP contribution in [0, 0.1) is 0 Å². The molecule has 0 saturated heterocycles. The summed E-state index contributed by atoms with van der Waals surface area (Å²) in [5.41, 5.74) is -0.689. The van der Waals surface area contributed by atoms with Gasteiger partial charge in [0.15, 0.2) is 11.4 Å². The van der Waals surface area contributed by atoms with Gasteiger partial charge in [0.1, 0.15) is 18.2 Å². The second-order valence-corrected chi connectivity index (χ2v) is 11.3. The molecular weight excluding hydrogens is 717 g/mol. The predicted octanol–water partition coefficient (Wildman–Crippen LogP) is 6.80. The first-order valence-electron chi connectivity index (χ1n) is 15.6. The zero-order valence-electron chi connectivity index (χ0n) is 27.7. The van der Waals surface area contributed by atoms with E-state index in [9.17, 15) is 36.6 Å². The summed E-state index contributed by atoms with van der Waals surface area (Å²) in [6, 6.07) is 19.5. The average Bonchev–Trinajstić information content (AvgIpc) is 3.74. The minimum absolute atomic E-state index is 0.0280. The fourth-order valence-corrected chi connectivity index (χ4v) is 5.19. The van der Waals surface area contributed by atoms with E-state index >= 15 is 0 Å². The lowest BCUT2D eigenvalue weighted by molar-refractivity contribution is -0.497. The molecule has 1 atom stereocenters. The maximum absolute atomic E-state index is 14.4. The van der Waals surface area contributed by atoms with Gasteiger partial charge in [-0.1, -0.05) is 73.7 Å². The molecule has 53 heavy (non-hydrogen) atoms. The molecule has 3 aromatic carbocycles. The van der Waals surface area contributed by atoms with Gasteiger partial charge in [-0.25, -0.2) is 19.4 Å². The highest BCUT2D eigenvalue weighted by Gasteiger charge is 2.62. The number of aryl methyl sites for hydroxylation is 1. The molecule has 2 aromatic heterocycles. The quantitative estimate of drug-likeness (QED) is 0.0466. The van der Waals surface area contributed by atoms with Crippen molar-refractivity contribution < 1.29 is 61.4 Å². The van der Waals surface area contributed by atoms with Crippen molar-refractivity contribution in [3.8, 4) is 28.3 Å².